The molecular weight excluding hydrogens is 264 g/mol. The van der Waals surface area contributed by atoms with Crippen LogP contribution < -0.4 is 11.1 Å². The van der Waals surface area contributed by atoms with E-state index in [-0.39, 0.29) is 17.9 Å². The van der Waals surface area contributed by atoms with Crippen LogP contribution >= 0.6 is 11.8 Å². The minimum Gasteiger partial charge on any atom is -0.481 e. The first-order valence-electron chi connectivity index (χ1n) is 6.66. The fraction of sp³-hybridized carbons (Fsp3) is 0.846. The van der Waals surface area contributed by atoms with Gasteiger partial charge in [-0.2, -0.15) is 11.8 Å². The minimum absolute atomic E-state index is 0.0359. The van der Waals surface area contributed by atoms with Crippen LogP contribution in [0.2, 0.25) is 0 Å². The molecule has 4 N–H and O–H groups in total. The fourth-order valence-corrected chi connectivity index (χ4v) is 2.14. The zero-order valence-corrected chi connectivity index (χ0v) is 12.8. The molecule has 0 radical (unpaired) electrons. The third-order valence-corrected chi connectivity index (χ3v) is 3.70. The smallest absolute Gasteiger partial charge is 0.306 e. The zero-order chi connectivity index (χ0) is 14.8. The van der Waals surface area contributed by atoms with Gasteiger partial charge < -0.3 is 16.2 Å². The minimum atomic E-state index is -0.768. The third kappa shape index (κ3) is 8.88. The molecule has 19 heavy (non-hydrogen) atoms. The number of rotatable bonds is 10. The summed E-state index contributed by atoms with van der Waals surface area (Å²) in [6.45, 7) is 3.62. The number of hydrogen-bond acceptors (Lipinski definition) is 4. The van der Waals surface area contributed by atoms with Crippen molar-refractivity contribution in [3.8, 4) is 0 Å². The fourth-order valence-electron chi connectivity index (χ4n) is 1.65. The molecule has 3 atom stereocenters. The molecule has 0 aliphatic carbocycles. The van der Waals surface area contributed by atoms with Gasteiger partial charge in [0.1, 0.15) is 0 Å². The maximum atomic E-state index is 11.7. The molecule has 0 aromatic carbocycles. The highest BCUT2D eigenvalue weighted by molar-refractivity contribution is 7.98. The lowest BCUT2D eigenvalue weighted by molar-refractivity contribution is -0.141. The van der Waals surface area contributed by atoms with Crippen molar-refractivity contribution in [3.05, 3.63) is 0 Å². The second kappa shape index (κ2) is 10.1. The molecule has 0 rings (SSSR count). The van der Waals surface area contributed by atoms with Crippen LogP contribution in [0.15, 0.2) is 0 Å². The molecule has 5 nitrogen and oxygen atoms in total. The van der Waals surface area contributed by atoms with Crippen LogP contribution in [0.1, 0.15) is 39.5 Å². The molecular formula is C13H26N2O3S. The van der Waals surface area contributed by atoms with Crippen molar-refractivity contribution in [2.75, 3.05) is 12.0 Å². The number of carboxylic acid groups (broad SMARTS) is 1. The van der Waals surface area contributed by atoms with E-state index < -0.39 is 12.0 Å². The molecule has 0 aliphatic heterocycles. The highest BCUT2D eigenvalue weighted by atomic mass is 32.2. The SMILES string of the molecule is CSCC[C@H](N)C(=O)NC(C)CCCC(C)C(=O)O. The lowest BCUT2D eigenvalue weighted by Gasteiger charge is -2.17. The second-order valence-electron chi connectivity index (χ2n) is 4.97. The summed E-state index contributed by atoms with van der Waals surface area (Å²) in [7, 11) is 0. The molecule has 0 saturated heterocycles. The summed E-state index contributed by atoms with van der Waals surface area (Å²) in [6, 6.07) is -0.415. The quantitative estimate of drug-likeness (QED) is 0.566. The predicted molar refractivity (Wildman–Crippen MR) is 79.2 cm³/mol. The number of aliphatic carboxylic acids is 1. The molecule has 0 spiro atoms. The average Bonchev–Trinajstić information content (AvgIpc) is 2.35. The third-order valence-electron chi connectivity index (χ3n) is 3.05. The molecule has 0 aromatic rings. The second-order valence-corrected chi connectivity index (χ2v) is 5.95. The van der Waals surface area contributed by atoms with Crippen molar-refractivity contribution in [3.63, 3.8) is 0 Å². The van der Waals surface area contributed by atoms with E-state index in [0.717, 1.165) is 18.6 Å². The summed E-state index contributed by atoms with van der Waals surface area (Å²) in [4.78, 5) is 22.4. The number of carbonyl (C=O) groups is 2. The molecule has 6 heteroatoms. The number of carbonyl (C=O) groups excluding carboxylic acids is 1. The maximum absolute atomic E-state index is 11.7. The highest BCUT2D eigenvalue weighted by Crippen LogP contribution is 2.09. The van der Waals surface area contributed by atoms with E-state index in [1.807, 2.05) is 13.2 Å². The van der Waals surface area contributed by atoms with Crippen molar-refractivity contribution in [1.82, 2.24) is 5.32 Å². The Bertz CT molecular complexity index is 287. The summed E-state index contributed by atoms with van der Waals surface area (Å²) in [5, 5.41) is 11.6. The highest BCUT2D eigenvalue weighted by Gasteiger charge is 2.16. The van der Waals surface area contributed by atoms with Gasteiger partial charge in [-0.15, -0.1) is 0 Å². The predicted octanol–water partition coefficient (Wildman–Crippen LogP) is 1.46. The Kier molecular flexibility index (Phi) is 9.69. The summed E-state index contributed by atoms with van der Waals surface area (Å²) in [5.41, 5.74) is 5.77. The molecule has 2 unspecified atom stereocenters. The van der Waals surface area contributed by atoms with Crippen LogP contribution in [0.5, 0.6) is 0 Å². The topological polar surface area (TPSA) is 92.4 Å². The van der Waals surface area contributed by atoms with Gasteiger partial charge in [-0.1, -0.05) is 13.3 Å². The molecule has 0 fully saturated rings. The summed E-state index contributed by atoms with van der Waals surface area (Å²) in [6.07, 6.45) is 4.86. The van der Waals surface area contributed by atoms with Crippen molar-refractivity contribution in [1.29, 1.82) is 0 Å². The molecule has 0 aliphatic rings. The standard InChI is InChI=1S/C13H26N2O3S/c1-9(13(17)18)5-4-6-10(2)15-12(16)11(14)7-8-19-3/h9-11H,4-8,14H2,1-3H3,(H,15,16)(H,17,18)/t9?,10?,11-/m0/s1. The Labute approximate surface area is 119 Å². The van der Waals surface area contributed by atoms with Crippen molar-refractivity contribution < 1.29 is 14.7 Å². The van der Waals surface area contributed by atoms with Gasteiger partial charge in [-0.3, -0.25) is 9.59 Å². The largest absolute Gasteiger partial charge is 0.481 e. The summed E-state index contributed by atoms with van der Waals surface area (Å²) < 4.78 is 0. The first-order chi connectivity index (χ1) is 8.88. The van der Waals surface area contributed by atoms with Gasteiger partial charge in [0.25, 0.3) is 0 Å². The van der Waals surface area contributed by atoms with E-state index in [0.29, 0.717) is 12.8 Å². The molecule has 1 amide bonds. The van der Waals surface area contributed by atoms with Crippen LogP contribution in [-0.2, 0) is 9.59 Å². The molecule has 0 heterocycles. The average molecular weight is 290 g/mol. The number of nitrogens with two attached hydrogens (primary N) is 1. The summed E-state index contributed by atoms with van der Waals surface area (Å²) >= 11 is 1.67. The van der Waals surface area contributed by atoms with Crippen LogP contribution in [0.4, 0.5) is 0 Å². The number of hydrogen-bond donors (Lipinski definition) is 3. The Morgan fingerprint density at radius 2 is 1.89 bits per heavy atom. The normalized spacial score (nSPS) is 15.6. The van der Waals surface area contributed by atoms with E-state index in [9.17, 15) is 9.59 Å². The first-order valence-corrected chi connectivity index (χ1v) is 8.05. The Balaban J connectivity index is 3.81. The summed E-state index contributed by atoms with van der Waals surface area (Å²) in [5.74, 6) is -0.339. The van der Waals surface area contributed by atoms with Gasteiger partial charge >= 0.3 is 5.97 Å². The Morgan fingerprint density at radius 1 is 1.26 bits per heavy atom. The Morgan fingerprint density at radius 3 is 2.42 bits per heavy atom. The van der Waals surface area contributed by atoms with Crippen LogP contribution in [0, 0.1) is 5.92 Å². The van der Waals surface area contributed by atoms with Crippen molar-refractivity contribution in [2.24, 2.45) is 11.7 Å². The van der Waals surface area contributed by atoms with Gasteiger partial charge in [0, 0.05) is 6.04 Å². The van der Waals surface area contributed by atoms with E-state index >= 15 is 0 Å². The zero-order valence-electron chi connectivity index (χ0n) is 12.0. The van der Waals surface area contributed by atoms with Crippen molar-refractivity contribution >= 4 is 23.6 Å². The van der Waals surface area contributed by atoms with Gasteiger partial charge in [0.2, 0.25) is 5.91 Å². The van der Waals surface area contributed by atoms with Crippen LogP contribution in [0.25, 0.3) is 0 Å². The van der Waals surface area contributed by atoms with Gasteiger partial charge in [0.15, 0.2) is 0 Å². The van der Waals surface area contributed by atoms with Crippen molar-refractivity contribution in [2.45, 2.75) is 51.6 Å². The van der Waals surface area contributed by atoms with E-state index in [4.69, 9.17) is 10.8 Å². The lowest BCUT2D eigenvalue weighted by Crippen LogP contribution is -2.44. The lowest BCUT2D eigenvalue weighted by atomic mass is 10.0. The van der Waals surface area contributed by atoms with E-state index in [1.54, 1.807) is 18.7 Å². The maximum Gasteiger partial charge on any atom is 0.306 e. The number of carboxylic acids is 1. The molecule has 0 aromatic heterocycles. The van der Waals surface area contributed by atoms with Gasteiger partial charge in [0.05, 0.1) is 12.0 Å². The Hall–Kier alpha value is -0.750. The number of nitrogens with one attached hydrogen (secondary N) is 1. The number of thioether (sulfide) groups is 1. The van der Waals surface area contributed by atoms with Gasteiger partial charge in [-0.05, 0) is 38.2 Å². The first kappa shape index (κ1) is 18.2. The monoisotopic (exact) mass is 290 g/mol. The van der Waals surface area contributed by atoms with E-state index in [1.165, 1.54) is 0 Å². The molecule has 0 bridgehead atoms. The number of amides is 1. The van der Waals surface area contributed by atoms with Crippen LogP contribution in [-0.4, -0.2) is 41.1 Å². The van der Waals surface area contributed by atoms with Gasteiger partial charge in [-0.25, -0.2) is 0 Å². The molecule has 0 saturated carbocycles. The van der Waals surface area contributed by atoms with Crippen LogP contribution in [0.3, 0.4) is 0 Å². The van der Waals surface area contributed by atoms with E-state index in [2.05, 4.69) is 5.32 Å². The molecule has 112 valence electrons.